The maximum atomic E-state index is 3.81. The second-order valence-corrected chi connectivity index (χ2v) is 6.42. The van der Waals surface area contributed by atoms with Gasteiger partial charge in [-0.25, -0.2) is 0 Å². The zero-order chi connectivity index (χ0) is 13.8. The SMILES string of the molecule is CN1CCC(CN[C@H]2CCN(c3ccccc3)C2)CC1. The van der Waals surface area contributed by atoms with Crippen LogP contribution in [0.1, 0.15) is 19.3 Å². The summed E-state index contributed by atoms with van der Waals surface area (Å²) in [6.45, 7) is 6.10. The van der Waals surface area contributed by atoms with E-state index in [2.05, 4.69) is 52.5 Å². The van der Waals surface area contributed by atoms with Gasteiger partial charge < -0.3 is 15.1 Å². The molecule has 0 unspecified atom stereocenters. The first-order valence-electron chi connectivity index (χ1n) is 8.03. The Morgan fingerprint density at radius 1 is 1.05 bits per heavy atom. The predicted molar refractivity (Wildman–Crippen MR) is 85.3 cm³/mol. The van der Waals surface area contributed by atoms with Crippen molar-refractivity contribution in [3.8, 4) is 0 Å². The van der Waals surface area contributed by atoms with Crippen LogP contribution in [0.5, 0.6) is 0 Å². The summed E-state index contributed by atoms with van der Waals surface area (Å²) in [6, 6.07) is 11.5. The minimum absolute atomic E-state index is 0.676. The zero-order valence-corrected chi connectivity index (χ0v) is 12.6. The molecule has 1 aromatic rings. The Bertz CT molecular complexity index is 398. The van der Waals surface area contributed by atoms with Crippen molar-refractivity contribution >= 4 is 5.69 Å². The monoisotopic (exact) mass is 273 g/mol. The highest BCUT2D eigenvalue weighted by Crippen LogP contribution is 2.20. The maximum Gasteiger partial charge on any atom is 0.0366 e. The molecule has 0 saturated carbocycles. The number of likely N-dealkylation sites (tertiary alicyclic amines) is 1. The Morgan fingerprint density at radius 3 is 2.55 bits per heavy atom. The van der Waals surface area contributed by atoms with Crippen LogP contribution >= 0.6 is 0 Å². The fourth-order valence-corrected chi connectivity index (χ4v) is 3.40. The lowest BCUT2D eigenvalue weighted by Gasteiger charge is -2.30. The first kappa shape index (κ1) is 13.9. The average Bonchev–Trinajstić information content (AvgIpc) is 2.97. The molecule has 0 spiro atoms. The lowest BCUT2D eigenvalue weighted by Crippen LogP contribution is -2.39. The number of anilines is 1. The number of nitrogens with one attached hydrogen (secondary N) is 1. The fourth-order valence-electron chi connectivity index (χ4n) is 3.40. The van der Waals surface area contributed by atoms with Gasteiger partial charge >= 0.3 is 0 Å². The quantitative estimate of drug-likeness (QED) is 0.907. The average molecular weight is 273 g/mol. The topological polar surface area (TPSA) is 18.5 Å². The third kappa shape index (κ3) is 3.53. The Kier molecular flexibility index (Phi) is 4.58. The third-order valence-electron chi connectivity index (χ3n) is 4.84. The van der Waals surface area contributed by atoms with Gasteiger partial charge in [0.1, 0.15) is 0 Å². The van der Waals surface area contributed by atoms with Crippen molar-refractivity contribution in [3.05, 3.63) is 30.3 Å². The molecule has 2 aliphatic heterocycles. The number of piperidine rings is 1. The third-order valence-corrected chi connectivity index (χ3v) is 4.84. The second kappa shape index (κ2) is 6.59. The molecule has 0 bridgehead atoms. The van der Waals surface area contributed by atoms with Crippen LogP contribution in [0.25, 0.3) is 0 Å². The Balaban J connectivity index is 1.42. The van der Waals surface area contributed by atoms with E-state index in [1.165, 1.54) is 51.1 Å². The molecule has 0 amide bonds. The van der Waals surface area contributed by atoms with Crippen LogP contribution in [0, 0.1) is 5.92 Å². The van der Waals surface area contributed by atoms with Crippen molar-refractivity contribution in [1.29, 1.82) is 0 Å². The summed E-state index contributed by atoms with van der Waals surface area (Å²) in [5.41, 5.74) is 1.37. The summed E-state index contributed by atoms with van der Waals surface area (Å²) in [6.07, 6.45) is 4.00. The molecular formula is C17H27N3. The summed E-state index contributed by atoms with van der Waals surface area (Å²) in [5, 5.41) is 3.81. The summed E-state index contributed by atoms with van der Waals surface area (Å²) in [5.74, 6) is 0.886. The van der Waals surface area contributed by atoms with Crippen LogP contribution in [-0.4, -0.2) is 50.7 Å². The van der Waals surface area contributed by atoms with E-state index in [0.29, 0.717) is 6.04 Å². The van der Waals surface area contributed by atoms with Gasteiger partial charge in [-0.2, -0.15) is 0 Å². The van der Waals surface area contributed by atoms with E-state index in [1.807, 2.05) is 0 Å². The van der Waals surface area contributed by atoms with Gasteiger partial charge in [0.25, 0.3) is 0 Å². The largest absolute Gasteiger partial charge is 0.370 e. The standard InChI is InChI=1S/C17H27N3/c1-19-10-7-15(8-11-19)13-18-16-9-12-20(14-16)17-5-3-2-4-6-17/h2-6,15-16,18H,7-14H2,1H3/t16-/m0/s1. The van der Waals surface area contributed by atoms with E-state index >= 15 is 0 Å². The van der Waals surface area contributed by atoms with Crippen LogP contribution in [0.4, 0.5) is 5.69 Å². The van der Waals surface area contributed by atoms with Crippen molar-refractivity contribution < 1.29 is 0 Å². The van der Waals surface area contributed by atoms with Crippen molar-refractivity contribution in [3.63, 3.8) is 0 Å². The molecule has 2 aliphatic rings. The Hall–Kier alpha value is -1.06. The number of nitrogens with zero attached hydrogens (tertiary/aromatic N) is 2. The summed E-state index contributed by atoms with van der Waals surface area (Å²) in [4.78, 5) is 4.95. The van der Waals surface area contributed by atoms with Crippen LogP contribution in [0.3, 0.4) is 0 Å². The number of para-hydroxylation sites is 1. The number of benzene rings is 1. The molecule has 1 N–H and O–H groups in total. The van der Waals surface area contributed by atoms with Gasteiger partial charge in [-0.1, -0.05) is 18.2 Å². The van der Waals surface area contributed by atoms with Gasteiger partial charge in [0.15, 0.2) is 0 Å². The molecule has 110 valence electrons. The van der Waals surface area contributed by atoms with Crippen molar-refractivity contribution in [1.82, 2.24) is 10.2 Å². The van der Waals surface area contributed by atoms with E-state index in [4.69, 9.17) is 0 Å². The molecule has 1 aromatic carbocycles. The van der Waals surface area contributed by atoms with Crippen molar-refractivity contribution in [2.24, 2.45) is 5.92 Å². The molecule has 0 aliphatic carbocycles. The molecule has 0 radical (unpaired) electrons. The molecule has 3 nitrogen and oxygen atoms in total. The van der Waals surface area contributed by atoms with E-state index < -0.39 is 0 Å². The Labute approximate surface area is 123 Å². The van der Waals surface area contributed by atoms with E-state index in [9.17, 15) is 0 Å². The number of hydrogen-bond acceptors (Lipinski definition) is 3. The highest BCUT2D eigenvalue weighted by atomic mass is 15.2. The van der Waals surface area contributed by atoms with Crippen molar-refractivity contribution in [2.75, 3.05) is 44.7 Å². The molecule has 0 aromatic heterocycles. The molecule has 1 atom stereocenters. The molecule has 3 heteroatoms. The maximum absolute atomic E-state index is 3.81. The minimum atomic E-state index is 0.676. The molecule has 2 heterocycles. The lowest BCUT2D eigenvalue weighted by molar-refractivity contribution is 0.213. The summed E-state index contributed by atoms with van der Waals surface area (Å²) < 4.78 is 0. The second-order valence-electron chi connectivity index (χ2n) is 6.42. The van der Waals surface area contributed by atoms with Crippen molar-refractivity contribution in [2.45, 2.75) is 25.3 Å². The van der Waals surface area contributed by atoms with E-state index in [-0.39, 0.29) is 0 Å². The van der Waals surface area contributed by atoms with Crippen LogP contribution < -0.4 is 10.2 Å². The molecule has 2 saturated heterocycles. The highest BCUT2D eigenvalue weighted by molar-refractivity contribution is 5.47. The molecular weight excluding hydrogens is 246 g/mol. The van der Waals surface area contributed by atoms with Gasteiger partial charge in [0.2, 0.25) is 0 Å². The normalized spacial score (nSPS) is 25.2. The molecule has 2 fully saturated rings. The zero-order valence-electron chi connectivity index (χ0n) is 12.6. The minimum Gasteiger partial charge on any atom is -0.370 e. The smallest absolute Gasteiger partial charge is 0.0366 e. The van der Waals surface area contributed by atoms with Gasteiger partial charge in [-0.3, -0.25) is 0 Å². The summed E-state index contributed by atoms with van der Waals surface area (Å²) >= 11 is 0. The van der Waals surface area contributed by atoms with Crippen LogP contribution in [0.15, 0.2) is 30.3 Å². The van der Waals surface area contributed by atoms with Gasteiger partial charge in [0.05, 0.1) is 0 Å². The number of hydrogen-bond donors (Lipinski definition) is 1. The van der Waals surface area contributed by atoms with Gasteiger partial charge in [-0.05, 0) is 64.0 Å². The fraction of sp³-hybridized carbons (Fsp3) is 0.647. The summed E-state index contributed by atoms with van der Waals surface area (Å²) in [7, 11) is 2.23. The van der Waals surface area contributed by atoms with E-state index in [0.717, 1.165) is 12.5 Å². The van der Waals surface area contributed by atoms with E-state index in [1.54, 1.807) is 0 Å². The Morgan fingerprint density at radius 2 is 1.80 bits per heavy atom. The highest BCUT2D eigenvalue weighted by Gasteiger charge is 2.24. The predicted octanol–water partition coefficient (Wildman–Crippen LogP) is 2.20. The van der Waals surface area contributed by atoms with Crippen LogP contribution in [-0.2, 0) is 0 Å². The van der Waals surface area contributed by atoms with Gasteiger partial charge in [0, 0.05) is 24.8 Å². The van der Waals surface area contributed by atoms with Crippen LogP contribution in [0.2, 0.25) is 0 Å². The first-order chi connectivity index (χ1) is 9.81. The molecule has 3 rings (SSSR count). The number of rotatable bonds is 4. The first-order valence-corrected chi connectivity index (χ1v) is 8.03. The lowest BCUT2D eigenvalue weighted by atomic mass is 9.97. The molecule has 20 heavy (non-hydrogen) atoms. The van der Waals surface area contributed by atoms with Gasteiger partial charge in [-0.15, -0.1) is 0 Å².